The predicted octanol–water partition coefficient (Wildman–Crippen LogP) is 2.75. The van der Waals surface area contributed by atoms with Crippen LogP contribution in [0.5, 0.6) is 0 Å². The lowest BCUT2D eigenvalue weighted by atomic mass is 9.89. The number of hydrogen-bond donors (Lipinski definition) is 2. The largest absolute Gasteiger partial charge is 0.404 e. The highest BCUT2D eigenvalue weighted by Gasteiger charge is 2.53. The van der Waals surface area contributed by atoms with Gasteiger partial charge in [-0.15, -0.1) is 0 Å². The molecule has 2 aromatic carbocycles. The second-order valence-electron chi connectivity index (χ2n) is 11.8. The smallest absolute Gasteiger partial charge is 0.259 e. The lowest BCUT2D eigenvalue weighted by Gasteiger charge is -2.37. The maximum Gasteiger partial charge on any atom is 0.259 e. The summed E-state index contributed by atoms with van der Waals surface area (Å²) < 4.78 is 0. The molecule has 10 heteroatoms. The molecule has 1 unspecified atom stereocenters. The van der Waals surface area contributed by atoms with Gasteiger partial charge in [-0.1, -0.05) is 18.2 Å². The normalized spacial score (nSPS) is 23.2. The fourth-order valence-corrected chi connectivity index (χ4v) is 6.19. The van der Waals surface area contributed by atoms with Crippen molar-refractivity contribution in [2.45, 2.75) is 63.5 Å². The van der Waals surface area contributed by atoms with E-state index in [0.29, 0.717) is 56.4 Å². The molecule has 10 nitrogen and oxygen atoms in total. The monoisotopic (exact) mass is 552 g/mol. The van der Waals surface area contributed by atoms with Crippen LogP contribution in [0.2, 0.25) is 0 Å². The summed E-state index contributed by atoms with van der Waals surface area (Å²) in [5.41, 5.74) is 7.89. The minimum atomic E-state index is -0.796. The first-order valence-electron chi connectivity index (χ1n) is 14.1. The number of likely N-dealkylation sites (tertiary alicyclic amines) is 1. The number of aliphatic imine (C=N–C) groups is 1. The van der Waals surface area contributed by atoms with E-state index in [4.69, 9.17) is 10.7 Å². The van der Waals surface area contributed by atoms with E-state index in [9.17, 15) is 24.4 Å². The summed E-state index contributed by atoms with van der Waals surface area (Å²) in [4.78, 5) is 58.7. The number of allylic oxidation sites excluding steroid dienone is 1. The number of benzene rings is 2. The van der Waals surface area contributed by atoms with Crippen LogP contribution in [0.3, 0.4) is 0 Å². The summed E-state index contributed by atoms with van der Waals surface area (Å²) in [5, 5.41) is 13.4. The number of nitrogens with two attached hydrogens (primary N) is 1. The van der Waals surface area contributed by atoms with Crippen molar-refractivity contribution in [3.63, 3.8) is 0 Å². The van der Waals surface area contributed by atoms with Crippen LogP contribution >= 0.6 is 0 Å². The zero-order valence-electron chi connectivity index (χ0n) is 23.0. The number of carbonyl (C=O) groups is 4. The van der Waals surface area contributed by atoms with Gasteiger partial charge in [0.05, 0.1) is 17.3 Å². The summed E-state index contributed by atoms with van der Waals surface area (Å²) in [6.07, 6.45) is 7.03. The summed E-state index contributed by atoms with van der Waals surface area (Å²) in [6, 6.07) is 10.8. The first-order chi connectivity index (χ1) is 19.7. The quantitative estimate of drug-likeness (QED) is 0.416. The highest BCUT2D eigenvalue weighted by atomic mass is 16.2. The second kappa shape index (κ2) is 9.84. The molecule has 0 spiro atoms. The topological polar surface area (TPSA) is 149 Å². The summed E-state index contributed by atoms with van der Waals surface area (Å²) >= 11 is 0. The molecule has 3 aliphatic heterocycles. The average Bonchev–Trinajstić information content (AvgIpc) is 3.73. The Hall–Kier alpha value is -4.52. The molecule has 2 saturated heterocycles. The first-order valence-corrected chi connectivity index (χ1v) is 14.1. The Morgan fingerprint density at radius 3 is 2.59 bits per heavy atom. The Morgan fingerprint density at radius 1 is 1.17 bits per heavy atom. The second-order valence-corrected chi connectivity index (χ2v) is 11.8. The number of imide groups is 1. The van der Waals surface area contributed by atoms with E-state index >= 15 is 0 Å². The molecule has 3 N–H and O–H groups in total. The molecule has 41 heavy (non-hydrogen) atoms. The van der Waals surface area contributed by atoms with Gasteiger partial charge in [-0.25, -0.2) is 0 Å². The minimum absolute atomic E-state index is 0.0460. The van der Waals surface area contributed by atoms with E-state index in [1.807, 2.05) is 24.3 Å². The van der Waals surface area contributed by atoms with Gasteiger partial charge in [0.2, 0.25) is 17.7 Å². The number of nitrogens with one attached hydrogen (secondary N) is 1. The highest BCUT2D eigenvalue weighted by Crippen LogP contribution is 2.47. The van der Waals surface area contributed by atoms with Crippen LogP contribution in [0.25, 0.3) is 10.8 Å². The number of rotatable bonds is 6. The van der Waals surface area contributed by atoms with Gasteiger partial charge in [-0.05, 0) is 73.9 Å². The molecule has 1 saturated carbocycles. The number of anilines is 1. The number of nitriles is 1. The highest BCUT2D eigenvalue weighted by molar-refractivity contribution is 6.27. The zero-order chi connectivity index (χ0) is 28.9. The van der Waals surface area contributed by atoms with Crippen molar-refractivity contribution in [1.29, 1.82) is 5.26 Å². The Labute approximate surface area is 237 Å². The Bertz CT molecular complexity index is 1590. The number of nitrogens with zero attached hydrogens (tertiary/aromatic N) is 4. The van der Waals surface area contributed by atoms with Crippen LogP contribution in [0, 0.1) is 16.7 Å². The number of carbonyl (C=O) groups excluding carboxylic acids is 4. The van der Waals surface area contributed by atoms with Gasteiger partial charge in [0.25, 0.3) is 5.91 Å². The molecular weight excluding hydrogens is 520 g/mol. The SMILES string of the molecule is CC1(N=C/C(=C\N)Cc2ccc3c4c(cccc24)C(=O)N3C2CCC(=O)NC2=O)CCN(C(=O)C2(C#N)CC2)CC1. The van der Waals surface area contributed by atoms with Crippen LogP contribution in [0.1, 0.15) is 61.4 Å². The Kier molecular flexibility index (Phi) is 6.40. The van der Waals surface area contributed by atoms with Crippen molar-refractivity contribution >= 4 is 46.3 Å². The molecule has 4 amide bonds. The third-order valence-electron chi connectivity index (χ3n) is 8.99. The van der Waals surface area contributed by atoms with Gasteiger partial charge < -0.3 is 10.6 Å². The van der Waals surface area contributed by atoms with Crippen LogP contribution in [0.4, 0.5) is 5.69 Å². The first kappa shape index (κ1) is 26.7. The fraction of sp³-hybridized carbons (Fsp3) is 0.419. The van der Waals surface area contributed by atoms with E-state index in [2.05, 4.69) is 18.3 Å². The summed E-state index contributed by atoms with van der Waals surface area (Å²) in [6.45, 7) is 3.22. The third-order valence-corrected chi connectivity index (χ3v) is 8.99. The van der Waals surface area contributed by atoms with Crippen LogP contribution in [-0.4, -0.2) is 59.4 Å². The molecular formula is C31H32N6O4. The van der Waals surface area contributed by atoms with Gasteiger partial charge in [0.1, 0.15) is 11.5 Å². The lowest BCUT2D eigenvalue weighted by Crippen LogP contribution is -2.53. The molecule has 2 aromatic rings. The maximum atomic E-state index is 13.4. The van der Waals surface area contributed by atoms with Crippen molar-refractivity contribution in [3.8, 4) is 6.07 Å². The van der Waals surface area contributed by atoms with Crippen LogP contribution < -0.4 is 16.0 Å². The van der Waals surface area contributed by atoms with Gasteiger partial charge >= 0.3 is 0 Å². The van der Waals surface area contributed by atoms with Crippen molar-refractivity contribution in [2.75, 3.05) is 18.0 Å². The van der Waals surface area contributed by atoms with E-state index in [0.717, 1.165) is 21.9 Å². The molecule has 1 aliphatic carbocycles. The number of piperidine rings is 2. The molecule has 6 rings (SSSR count). The fourth-order valence-electron chi connectivity index (χ4n) is 6.19. The third kappa shape index (κ3) is 4.55. The number of hydrogen-bond acceptors (Lipinski definition) is 7. The van der Waals surface area contributed by atoms with Crippen molar-refractivity contribution in [3.05, 3.63) is 53.2 Å². The molecule has 0 bridgehead atoms. The summed E-state index contributed by atoms with van der Waals surface area (Å²) in [7, 11) is 0. The Morgan fingerprint density at radius 2 is 1.93 bits per heavy atom. The van der Waals surface area contributed by atoms with Gasteiger partial charge in [0.15, 0.2) is 0 Å². The van der Waals surface area contributed by atoms with Gasteiger partial charge in [0, 0.05) is 43.1 Å². The number of amides is 4. The van der Waals surface area contributed by atoms with Crippen LogP contribution in [0.15, 0.2) is 47.1 Å². The van der Waals surface area contributed by atoms with E-state index < -0.39 is 17.4 Å². The van der Waals surface area contributed by atoms with E-state index in [-0.39, 0.29) is 36.1 Å². The van der Waals surface area contributed by atoms with Crippen LogP contribution in [-0.2, 0) is 20.8 Å². The van der Waals surface area contributed by atoms with E-state index in [1.165, 1.54) is 4.90 Å². The molecule has 1 atom stereocenters. The van der Waals surface area contributed by atoms with Gasteiger partial charge in [-0.2, -0.15) is 5.26 Å². The predicted molar refractivity (Wildman–Crippen MR) is 153 cm³/mol. The molecule has 0 aromatic heterocycles. The minimum Gasteiger partial charge on any atom is -0.404 e. The molecule has 210 valence electrons. The average molecular weight is 553 g/mol. The lowest BCUT2D eigenvalue weighted by molar-refractivity contribution is -0.136. The van der Waals surface area contributed by atoms with E-state index in [1.54, 1.807) is 23.4 Å². The van der Waals surface area contributed by atoms with Crippen molar-refractivity contribution < 1.29 is 19.2 Å². The van der Waals surface area contributed by atoms with Crippen molar-refractivity contribution in [1.82, 2.24) is 10.2 Å². The molecule has 0 radical (unpaired) electrons. The zero-order valence-corrected chi connectivity index (χ0v) is 23.0. The standard InChI is InChI=1S/C31H32N6O4/c1-30(11-13-36(14-12-30)29(41)31(18-33)9-10-31)34-17-19(16-32)15-20-5-6-23-26-21(20)3-2-4-22(26)28(40)37(23)24-7-8-25(38)35-27(24)39/h2-6,16-17,24H,7-15,32H2,1H3,(H,35,38,39)/b19-16-,34-17?. The summed E-state index contributed by atoms with van der Waals surface area (Å²) in [5.74, 6) is -1.06. The Balaban J connectivity index is 1.19. The maximum absolute atomic E-state index is 13.4. The van der Waals surface area contributed by atoms with Gasteiger partial charge in [-0.3, -0.25) is 34.4 Å². The molecule has 3 heterocycles. The van der Waals surface area contributed by atoms with Crippen molar-refractivity contribution in [2.24, 2.45) is 16.1 Å². The molecule has 4 aliphatic rings. The molecule has 3 fully saturated rings.